The second-order valence-corrected chi connectivity index (χ2v) is 7.87. The summed E-state index contributed by atoms with van der Waals surface area (Å²) in [6.07, 6.45) is 0.624. The van der Waals surface area contributed by atoms with E-state index in [-0.39, 0.29) is 12.0 Å². The fourth-order valence-corrected chi connectivity index (χ4v) is 4.27. The van der Waals surface area contributed by atoms with Crippen LogP contribution >= 0.6 is 0 Å². The van der Waals surface area contributed by atoms with Crippen LogP contribution in [0, 0.1) is 0 Å². The van der Waals surface area contributed by atoms with E-state index in [9.17, 15) is 9.59 Å². The Kier molecular flexibility index (Phi) is 4.98. The number of nitrogens with zero attached hydrogens (tertiary/aromatic N) is 1. The maximum Gasteiger partial charge on any atom is 0.345 e. The molecular formula is C26H21NO5. The molecule has 2 heterocycles. The topological polar surface area (TPSA) is 74.2 Å². The average Bonchev–Trinajstić information content (AvgIpc) is 3.16. The van der Waals surface area contributed by atoms with Gasteiger partial charge in [-0.2, -0.15) is 0 Å². The molecule has 3 aromatic rings. The minimum atomic E-state index is -1.29. The van der Waals surface area contributed by atoms with Gasteiger partial charge >= 0.3 is 11.9 Å². The first-order chi connectivity index (χ1) is 15.6. The Balaban J connectivity index is 1.61. The molecule has 5 rings (SSSR count). The molecule has 1 unspecified atom stereocenters. The Labute approximate surface area is 185 Å². The third-order valence-corrected chi connectivity index (χ3v) is 5.81. The van der Waals surface area contributed by atoms with E-state index in [1.807, 2.05) is 60.7 Å². The molecule has 0 bridgehead atoms. The average molecular weight is 427 g/mol. The molecule has 160 valence electrons. The lowest BCUT2D eigenvalue weighted by Crippen LogP contribution is -2.42. The van der Waals surface area contributed by atoms with E-state index < -0.39 is 17.5 Å². The summed E-state index contributed by atoms with van der Waals surface area (Å²) in [6, 6.07) is 24.2. The maximum absolute atomic E-state index is 13.3. The Bertz CT molecular complexity index is 1210. The molecule has 2 atom stereocenters. The summed E-state index contributed by atoms with van der Waals surface area (Å²) in [7, 11) is 1.32. The van der Waals surface area contributed by atoms with Gasteiger partial charge in [-0.25, -0.2) is 14.6 Å². The highest BCUT2D eigenvalue weighted by Gasteiger charge is 2.53. The van der Waals surface area contributed by atoms with Crippen molar-refractivity contribution in [3.8, 4) is 5.75 Å². The van der Waals surface area contributed by atoms with Crippen LogP contribution in [0.25, 0.3) is 0 Å². The highest BCUT2D eigenvalue weighted by molar-refractivity contribution is 6.08. The number of fused-ring (bicyclic) bond motifs is 2. The van der Waals surface area contributed by atoms with Gasteiger partial charge in [0.25, 0.3) is 0 Å². The third kappa shape index (κ3) is 3.43. The summed E-state index contributed by atoms with van der Waals surface area (Å²) in [5.41, 5.74) is 1.37. The van der Waals surface area contributed by atoms with Gasteiger partial charge in [0.2, 0.25) is 5.90 Å². The Morgan fingerprint density at radius 3 is 2.50 bits per heavy atom. The van der Waals surface area contributed by atoms with E-state index in [1.165, 1.54) is 7.11 Å². The van der Waals surface area contributed by atoms with Crippen LogP contribution in [0.1, 0.15) is 33.5 Å². The van der Waals surface area contributed by atoms with Crippen molar-refractivity contribution in [2.24, 2.45) is 4.99 Å². The number of benzene rings is 3. The standard InChI is InChI=1S/C26H21NO5/c1-30-24(28)19-12-13-22-21(15-19)26(16-20(31-22)14-17-8-4-2-5-9-17)25(29)32-23(27-26)18-10-6-3-7-11-18/h2-13,15,20H,14,16H2,1H3/t20-,26?/m0/s1. The van der Waals surface area contributed by atoms with Gasteiger partial charge < -0.3 is 14.2 Å². The van der Waals surface area contributed by atoms with Gasteiger partial charge in [-0.3, -0.25) is 0 Å². The normalized spacial score (nSPS) is 21.3. The monoisotopic (exact) mass is 427 g/mol. The zero-order valence-corrected chi connectivity index (χ0v) is 17.5. The number of aliphatic imine (C=N–C) groups is 1. The molecule has 0 fully saturated rings. The number of hydrogen-bond acceptors (Lipinski definition) is 6. The van der Waals surface area contributed by atoms with E-state index in [1.54, 1.807) is 18.2 Å². The van der Waals surface area contributed by atoms with Crippen molar-refractivity contribution in [3.63, 3.8) is 0 Å². The smallest absolute Gasteiger partial charge is 0.345 e. The van der Waals surface area contributed by atoms with Crippen molar-refractivity contribution >= 4 is 17.8 Å². The molecule has 0 aliphatic carbocycles. The van der Waals surface area contributed by atoms with E-state index in [2.05, 4.69) is 0 Å². The Morgan fingerprint density at radius 1 is 1.06 bits per heavy atom. The fraction of sp³-hybridized carbons (Fsp3) is 0.192. The summed E-state index contributed by atoms with van der Waals surface area (Å²) in [6.45, 7) is 0. The first-order valence-corrected chi connectivity index (χ1v) is 10.4. The number of carbonyl (C=O) groups excluding carboxylic acids is 2. The van der Waals surface area contributed by atoms with Crippen LogP contribution in [0.15, 0.2) is 83.9 Å². The molecule has 6 nitrogen and oxygen atoms in total. The molecule has 6 heteroatoms. The van der Waals surface area contributed by atoms with Gasteiger partial charge in [0.1, 0.15) is 11.9 Å². The quantitative estimate of drug-likeness (QED) is 0.587. The third-order valence-electron chi connectivity index (χ3n) is 5.81. The molecule has 3 aromatic carbocycles. The molecule has 0 saturated heterocycles. The first-order valence-electron chi connectivity index (χ1n) is 10.4. The van der Waals surface area contributed by atoms with Crippen molar-refractivity contribution in [2.45, 2.75) is 24.5 Å². The number of rotatable bonds is 4. The number of hydrogen-bond donors (Lipinski definition) is 0. The van der Waals surface area contributed by atoms with Crippen LogP contribution in [0.3, 0.4) is 0 Å². The summed E-state index contributed by atoms with van der Waals surface area (Å²) >= 11 is 0. The maximum atomic E-state index is 13.3. The second kappa shape index (κ2) is 7.96. The van der Waals surface area contributed by atoms with E-state index >= 15 is 0 Å². The van der Waals surface area contributed by atoms with Gasteiger partial charge in [-0.05, 0) is 35.9 Å². The van der Waals surface area contributed by atoms with Crippen molar-refractivity contribution in [1.29, 1.82) is 0 Å². The summed E-state index contributed by atoms with van der Waals surface area (Å²) in [5.74, 6) is -0.181. The van der Waals surface area contributed by atoms with E-state index in [0.29, 0.717) is 29.7 Å². The predicted octanol–water partition coefficient (Wildman–Crippen LogP) is 4.07. The minimum absolute atomic E-state index is 0.269. The Morgan fingerprint density at radius 2 is 1.78 bits per heavy atom. The molecule has 2 aliphatic heterocycles. The van der Waals surface area contributed by atoms with Crippen molar-refractivity contribution in [2.75, 3.05) is 7.11 Å². The van der Waals surface area contributed by atoms with Crippen LogP contribution in [0.2, 0.25) is 0 Å². The van der Waals surface area contributed by atoms with Crippen LogP contribution in [-0.2, 0) is 26.2 Å². The number of methoxy groups -OCH3 is 1. The zero-order valence-electron chi connectivity index (χ0n) is 17.5. The zero-order chi connectivity index (χ0) is 22.1. The molecule has 0 N–H and O–H groups in total. The van der Waals surface area contributed by atoms with E-state index in [4.69, 9.17) is 19.2 Å². The lowest BCUT2D eigenvalue weighted by molar-refractivity contribution is -0.141. The highest BCUT2D eigenvalue weighted by atomic mass is 16.6. The largest absolute Gasteiger partial charge is 0.490 e. The van der Waals surface area contributed by atoms with Gasteiger partial charge in [-0.15, -0.1) is 0 Å². The first kappa shape index (κ1) is 20.0. The van der Waals surface area contributed by atoms with Crippen LogP contribution < -0.4 is 4.74 Å². The molecule has 0 amide bonds. The lowest BCUT2D eigenvalue weighted by Gasteiger charge is -2.35. The molecule has 0 saturated carbocycles. The summed E-state index contributed by atoms with van der Waals surface area (Å²) in [5, 5.41) is 0. The molecule has 0 radical (unpaired) electrons. The molecule has 0 aromatic heterocycles. The SMILES string of the molecule is COC(=O)c1ccc2c(c1)C1(C[C@H](Cc3ccccc3)O2)N=C(c2ccccc2)OC1=O. The number of ether oxygens (including phenoxy) is 3. The number of carbonyl (C=O) groups is 2. The Hall–Kier alpha value is -3.93. The predicted molar refractivity (Wildman–Crippen MR) is 118 cm³/mol. The molecule has 1 spiro atoms. The van der Waals surface area contributed by atoms with Gasteiger partial charge in [0.05, 0.1) is 12.7 Å². The fourth-order valence-electron chi connectivity index (χ4n) is 4.27. The molecule has 2 aliphatic rings. The van der Waals surface area contributed by atoms with Crippen LogP contribution in [0.4, 0.5) is 0 Å². The summed E-state index contributed by atoms with van der Waals surface area (Å²) in [4.78, 5) is 30.3. The minimum Gasteiger partial charge on any atom is -0.490 e. The number of esters is 2. The molecular weight excluding hydrogens is 406 g/mol. The van der Waals surface area contributed by atoms with Crippen molar-refractivity contribution < 1.29 is 23.8 Å². The highest BCUT2D eigenvalue weighted by Crippen LogP contribution is 2.47. The van der Waals surface area contributed by atoms with Crippen LogP contribution in [0.5, 0.6) is 5.75 Å². The summed E-state index contributed by atoms with van der Waals surface area (Å²) < 4.78 is 16.8. The van der Waals surface area contributed by atoms with Gasteiger partial charge in [0, 0.05) is 24.0 Å². The van der Waals surface area contributed by atoms with Crippen LogP contribution in [-0.4, -0.2) is 31.1 Å². The van der Waals surface area contributed by atoms with Gasteiger partial charge in [-0.1, -0.05) is 48.5 Å². The van der Waals surface area contributed by atoms with Crippen molar-refractivity contribution in [1.82, 2.24) is 0 Å². The second-order valence-electron chi connectivity index (χ2n) is 7.87. The van der Waals surface area contributed by atoms with E-state index in [0.717, 1.165) is 11.1 Å². The number of cyclic esters (lactones) is 1. The van der Waals surface area contributed by atoms with Crippen molar-refractivity contribution in [3.05, 3.63) is 101 Å². The molecule has 32 heavy (non-hydrogen) atoms. The lowest BCUT2D eigenvalue weighted by atomic mass is 9.80. The van der Waals surface area contributed by atoms with Gasteiger partial charge in [0.15, 0.2) is 5.54 Å².